The minimum absolute atomic E-state index is 0.113. The fourth-order valence-electron chi connectivity index (χ4n) is 5.57. The zero-order chi connectivity index (χ0) is 22.0. The Morgan fingerprint density at radius 1 is 0.688 bits per heavy atom. The molecule has 0 aromatic heterocycles. The summed E-state index contributed by atoms with van der Waals surface area (Å²) in [5.74, 6) is -0.113. The van der Waals surface area contributed by atoms with Crippen LogP contribution in [-0.2, 0) is 14.9 Å². The van der Waals surface area contributed by atoms with Crippen LogP contribution in [0.4, 0.5) is 0 Å². The minimum atomic E-state index is -3.66. The van der Waals surface area contributed by atoms with Crippen molar-refractivity contribution in [2.24, 2.45) is 0 Å². The average molecular weight is 525 g/mol. The molecule has 0 unspecified atom stereocenters. The molecule has 5 rings (SSSR count). The number of carbonyl (C=O) groups is 1. The number of carbonyl (C=O) groups excluding carboxylic acids is 1. The first-order valence-electron chi connectivity index (χ1n) is 11.0. The van der Waals surface area contributed by atoms with Crippen molar-refractivity contribution >= 4 is 35.1 Å². The van der Waals surface area contributed by atoms with Gasteiger partial charge in [-0.2, -0.15) is 0 Å². The fraction of sp³-hybridized carbons (Fsp3) is 0.138. The van der Waals surface area contributed by atoms with Crippen LogP contribution >= 0.6 is 0 Å². The molecule has 158 valence electrons. The zero-order valence-corrected chi connectivity index (χ0v) is 21.0. The molecule has 1 aliphatic carbocycles. The Kier molecular flexibility index (Phi) is 5.64. The van der Waals surface area contributed by atoms with Gasteiger partial charge < -0.3 is 0 Å². The SMILES string of the molecule is COC(=O)[C@@]1(c2ccccc2)C[C@@H]1[Sn]([c]1ccccc1)([c]1ccccc1)[c]1ccccc1. The van der Waals surface area contributed by atoms with Crippen LogP contribution < -0.4 is 10.7 Å². The van der Waals surface area contributed by atoms with Crippen molar-refractivity contribution in [3.63, 3.8) is 0 Å². The van der Waals surface area contributed by atoms with Gasteiger partial charge in [-0.15, -0.1) is 0 Å². The second-order valence-corrected chi connectivity index (χ2v) is 20.0. The number of hydrogen-bond acceptors (Lipinski definition) is 2. The summed E-state index contributed by atoms with van der Waals surface area (Å²) in [6.45, 7) is 0. The van der Waals surface area contributed by atoms with E-state index in [1.807, 2.05) is 18.2 Å². The van der Waals surface area contributed by atoms with Crippen molar-refractivity contribution in [1.29, 1.82) is 0 Å². The first kappa shape index (κ1) is 21.0. The van der Waals surface area contributed by atoms with Crippen LogP contribution in [0.1, 0.15) is 12.0 Å². The van der Waals surface area contributed by atoms with Crippen LogP contribution in [0.25, 0.3) is 0 Å². The standard InChI is InChI=1S/C11H11O2.3C6H5.Sn/c1-13-10(12)11(7-8-11)9-5-3-2-4-6-9;3*1-2-4-6-5-3-1;/h2-7H,8H2,1H3;3*1-5H;/t11-;;;;/m1..../s1. The van der Waals surface area contributed by atoms with E-state index in [-0.39, 0.29) is 9.90 Å². The molecule has 4 aromatic rings. The molecule has 1 fully saturated rings. The van der Waals surface area contributed by atoms with Gasteiger partial charge in [-0.25, -0.2) is 0 Å². The van der Waals surface area contributed by atoms with Crippen LogP contribution in [0.5, 0.6) is 0 Å². The summed E-state index contributed by atoms with van der Waals surface area (Å²) in [6, 6.07) is 43.0. The van der Waals surface area contributed by atoms with E-state index in [0.29, 0.717) is 0 Å². The van der Waals surface area contributed by atoms with Crippen LogP contribution in [0, 0.1) is 0 Å². The second kappa shape index (κ2) is 8.59. The first-order valence-corrected chi connectivity index (χ1v) is 17.0. The monoisotopic (exact) mass is 526 g/mol. The summed E-state index contributed by atoms with van der Waals surface area (Å²) in [4.78, 5) is 13.5. The molecule has 0 saturated heterocycles. The van der Waals surface area contributed by atoms with Crippen LogP contribution in [0.2, 0.25) is 3.93 Å². The molecule has 0 amide bonds. The Bertz CT molecular complexity index is 1100. The van der Waals surface area contributed by atoms with Crippen molar-refractivity contribution in [1.82, 2.24) is 0 Å². The van der Waals surface area contributed by atoms with E-state index in [4.69, 9.17) is 4.74 Å². The van der Waals surface area contributed by atoms with Gasteiger partial charge in [0.05, 0.1) is 0 Å². The molecule has 0 aliphatic heterocycles. The summed E-state index contributed by atoms with van der Waals surface area (Å²) >= 11 is -3.66. The molecule has 0 bridgehead atoms. The number of esters is 1. The Labute approximate surface area is 193 Å². The number of hydrogen-bond donors (Lipinski definition) is 0. The Balaban J connectivity index is 1.83. The van der Waals surface area contributed by atoms with E-state index in [1.165, 1.54) is 17.8 Å². The van der Waals surface area contributed by atoms with Gasteiger partial charge in [-0.1, -0.05) is 0 Å². The predicted octanol–water partition coefficient (Wildman–Crippen LogP) is 4.04. The number of methoxy groups -OCH3 is 1. The van der Waals surface area contributed by atoms with Gasteiger partial charge in [-0.3, -0.25) is 0 Å². The molecule has 2 atom stereocenters. The summed E-state index contributed by atoms with van der Waals surface area (Å²) in [5, 5.41) is 0. The van der Waals surface area contributed by atoms with Gasteiger partial charge in [0.2, 0.25) is 0 Å². The van der Waals surface area contributed by atoms with Crippen LogP contribution in [0.3, 0.4) is 0 Å². The molecule has 0 heterocycles. The second-order valence-electron chi connectivity index (χ2n) is 8.49. The molecule has 1 saturated carbocycles. The summed E-state index contributed by atoms with van der Waals surface area (Å²) in [7, 11) is 1.52. The van der Waals surface area contributed by atoms with Gasteiger partial charge in [-0.05, 0) is 0 Å². The molecule has 2 nitrogen and oxygen atoms in total. The van der Waals surface area contributed by atoms with E-state index in [2.05, 4.69) is 103 Å². The zero-order valence-electron chi connectivity index (χ0n) is 18.1. The molecular formula is C29H26O2Sn. The van der Waals surface area contributed by atoms with Gasteiger partial charge in [0, 0.05) is 0 Å². The first-order chi connectivity index (χ1) is 15.7. The number of ether oxygens (including phenoxy) is 1. The summed E-state index contributed by atoms with van der Waals surface area (Å²) in [5.41, 5.74) is 0.467. The van der Waals surface area contributed by atoms with Crippen molar-refractivity contribution in [2.45, 2.75) is 15.8 Å². The molecular weight excluding hydrogens is 499 g/mol. The fourth-order valence-corrected chi connectivity index (χ4v) is 22.7. The van der Waals surface area contributed by atoms with Gasteiger partial charge in [0.15, 0.2) is 0 Å². The van der Waals surface area contributed by atoms with Crippen LogP contribution in [-0.4, -0.2) is 31.5 Å². The average Bonchev–Trinajstić information content (AvgIpc) is 3.64. The molecule has 0 spiro atoms. The summed E-state index contributed by atoms with van der Waals surface area (Å²) in [6.07, 6.45) is 0.818. The van der Waals surface area contributed by atoms with Gasteiger partial charge in [0.25, 0.3) is 0 Å². The number of benzene rings is 4. The third-order valence-electron chi connectivity index (χ3n) is 7.01. The summed E-state index contributed by atoms with van der Waals surface area (Å²) < 4.78 is 9.86. The maximum absolute atomic E-state index is 13.5. The molecule has 0 N–H and O–H groups in total. The van der Waals surface area contributed by atoms with E-state index in [9.17, 15) is 4.79 Å². The molecule has 3 heteroatoms. The third-order valence-corrected chi connectivity index (χ3v) is 22.6. The normalized spacial score (nSPS) is 19.8. The van der Waals surface area contributed by atoms with E-state index < -0.39 is 23.8 Å². The molecule has 32 heavy (non-hydrogen) atoms. The van der Waals surface area contributed by atoms with E-state index >= 15 is 0 Å². The van der Waals surface area contributed by atoms with Crippen molar-refractivity contribution < 1.29 is 9.53 Å². The van der Waals surface area contributed by atoms with Crippen molar-refractivity contribution in [2.75, 3.05) is 7.11 Å². The predicted molar refractivity (Wildman–Crippen MR) is 132 cm³/mol. The van der Waals surface area contributed by atoms with E-state index in [0.717, 1.165) is 12.0 Å². The Morgan fingerprint density at radius 3 is 1.44 bits per heavy atom. The quantitative estimate of drug-likeness (QED) is 0.281. The molecule has 0 radical (unpaired) electrons. The number of rotatable bonds is 6. The molecule has 1 aliphatic rings. The van der Waals surface area contributed by atoms with Gasteiger partial charge in [0.1, 0.15) is 0 Å². The van der Waals surface area contributed by atoms with Crippen molar-refractivity contribution in [3.05, 3.63) is 127 Å². The van der Waals surface area contributed by atoms with Crippen LogP contribution in [0.15, 0.2) is 121 Å². The third kappa shape index (κ3) is 3.20. The topological polar surface area (TPSA) is 26.3 Å². The Morgan fingerprint density at radius 2 is 1.06 bits per heavy atom. The Hall–Kier alpha value is -2.85. The molecule has 4 aromatic carbocycles. The van der Waals surface area contributed by atoms with Gasteiger partial charge >= 0.3 is 194 Å². The van der Waals surface area contributed by atoms with Crippen molar-refractivity contribution in [3.8, 4) is 0 Å². The maximum atomic E-state index is 13.5. The van der Waals surface area contributed by atoms with E-state index in [1.54, 1.807) is 0 Å².